The lowest BCUT2D eigenvalue weighted by Gasteiger charge is -2.10. The normalized spacial score (nSPS) is 10.1. The summed E-state index contributed by atoms with van der Waals surface area (Å²) in [5.74, 6) is 1.58. The molecule has 2 aromatic carbocycles. The van der Waals surface area contributed by atoms with Crippen molar-refractivity contribution in [3.05, 3.63) is 58.6 Å². The van der Waals surface area contributed by atoms with E-state index in [0.29, 0.717) is 19.7 Å². The minimum absolute atomic E-state index is 0.200. The van der Waals surface area contributed by atoms with Crippen LogP contribution < -0.4 is 20.1 Å². The summed E-state index contributed by atoms with van der Waals surface area (Å²) < 4.78 is 11.7. The molecule has 0 atom stereocenters. The maximum Gasteiger partial charge on any atom is 0.314 e. The van der Waals surface area contributed by atoms with E-state index >= 15 is 0 Å². The van der Waals surface area contributed by atoms with Gasteiger partial charge in [-0.25, -0.2) is 4.79 Å². The maximum atomic E-state index is 11.7. The zero-order chi connectivity index (χ0) is 17.2. The number of rotatable bonds is 8. The fraction of sp³-hybridized carbons (Fsp3) is 0.278. The van der Waals surface area contributed by atoms with E-state index in [1.807, 2.05) is 48.5 Å². The van der Waals surface area contributed by atoms with Gasteiger partial charge in [0, 0.05) is 6.54 Å². The third kappa shape index (κ3) is 6.12. The highest BCUT2D eigenvalue weighted by Gasteiger charge is 2.02. The standard InChI is InChI=1S/C18H21BrN2O3/c1-23-15-6-4-5-14(13-15)9-10-20-18(22)21-11-12-24-17-8-3-2-7-16(17)19/h2-8,13H,9-12H2,1H3,(H2,20,21,22). The lowest BCUT2D eigenvalue weighted by atomic mass is 10.1. The van der Waals surface area contributed by atoms with Crippen LogP contribution in [0.15, 0.2) is 53.0 Å². The summed E-state index contributed by atoms with van der Waals surface area (Å²) in [6.45, 7) is 1.41. The molecule has 2 amide bonds. The molecule has 2 N–H and O–H groups in total. The molecule has 0 fully saturated rings. The second-order valence-electron chi connectivity index (χ2n) is 5.06. The van der Waals surface area contributed by atoms with E-state index < -0.39 is 0 Å². The molecule has 6 heteroatoms. The predicted molar refractivity (Wildman–Crippen MR) is 97.7 cm³/mol. The van der Waals surface area contributed by atoms with Gasteiger partial charge in [0.05, 0.1) is 18.1 Å². The largest absolute Gasteiger partial charge is 0.497 e. The molecule has 0 radical (unpaired) electrons. The van der Waals surface area contributed by atoms with Crippen molar-refractivity contribution >= 4 is 22.0 Å². The van der Waals surface area contributed by atoms with Crippen molar-refractivity contribution in [3.63, 3.8) is 0 Å². The molecule has 2 aromatic rings. The first-order valence-corrected chi connectivity index (χ1v) is 8.50. The lowest BCUT2D eigenvalue weighted by Crippen LogP contribution is -2.38. The second-order valence-corrected chi connectivity index (χ2v) is 5.92. The summed E-state index contributed by atoms with van der Waals surface area (Å²) in [7, 11) is 1.64. The SMILES string of the molecule is COc1cccc(CCNC(=O)NCCOc2ccccc2Br)c1. The van der Waals surface area contributed by atoms with Crippen molar-refractivity contribution in [1.29, 1.82) is 0 Å². The molecular formula is C18H21BrN2O3. The van der Waals surface area contributed by atoms with Crippen molar-refractivity contribution in [2.75, 3.05) is 26.8 Å². The number of para-hydroxylation sites is 1. The Hall–Kier alpha value is -2.21. The maximum absolute atomic E-state index is 11.7. The predicted octanol–water partition coefficient (Wildman–Crippen LogP) is 3.38. The van der Waals surface area contributed by atoms with Crippen LogP contribution in [0.5, 0.6) is 11.5 Å². The van der Waals surface area contributed by atoms with Crippen molar-refractivity contribution in [2.45, 2.75) is 6.42 Å². The number of carbonyl (C=O) groups excluding carboxylic acids is 1. The van der Waals surface area contributed by atoms with Gasteiger partial charge in [-0.2, -0.15) is 0 Å². The molecule has 0 aliphatic carbocycles. The van der Waals surface area contributed by atoms with Crippen LogP contribution in [-0.2, 0) is 6.42 Å². The smallest absolute Gasteiger partial charge is 0.314 e. The molecule has 2 rings (SSSR count). The van der Waals surface area contributed by atoms with Gasteiger partial charge in [0.15, 0.2) is 0 Å². The van der Waals surface area contributed by atoms with Crippen LogP contribution in [0.2, 0.25) is 0 Å². The number of halogens is 1. The Balaban J connectivity index is 1.60. The van der Waals surface area contributed by atoms with Gasteiger partial charge in [0.1, 0.15) is 18.1 Å². The third-order valence-electron chi connectivity index (χ3n) is 3.32. The summed E-state index contributed by atoms with van der Waals surface area (Å²) >= 11 is 3.41. The molecule has 128 valence electrons. The number of hydrogen-bond donors (Lipinski definition) is 2. The average molecular weight is 393 g/mol. The first-order valence-electron chi connectivity index (χ1n) is 7.71. The Kier molecular flexibility index (Phi) is 7.42. The van der Waals surface area contributed by atoms with Crippen LogP contribution in [-0.4, -0.2) is 32.8 Å². The van der Waals surface area contributed by atoms with Crippen molar-refractivity contribution in [1.82, 2.24) is 10.6 Å². The Bertz CT molecular complexity index is 664. The van der Waals surface area contributed by atoms with E-state index in [1.165, 1.54) is 0 Å². The van der Waals surface area contributed by atoms with Crippen molar-refractivity contribution in [2.24, 2.45) is 0 Å². The summed E-state index contributed by atoms with van der Waals surface area (Å²) in [5.41, 5.74) is 1.12. The summed E-state index contributed by atoms with van der Waals surface area (Å²) in [6, 6.07) is 15.2. The van der Waals surface area contributed by atoms with E-state index in [-0.39, 0.29) is 6.03 Å². The van der Waals surface area contributed by atoms with Crippen molar-refractivity contribution < 1.29 is 14.3 Å². The number of hydrogen-bond acceptors (Lipinski definition) is 3. The van der Waals surface area contributed by atoms with Gasteiger partial charge >= 0.3 is 6.03 Å². The Morgan fingerprint density at radius 1 is 1.08 bits per heavy atom. The monoisotopic (exact) mass is 392 g/mol. The number of amides is 2. The minimum atomic E-state index is -0.200. The van der Waals surface area contributed by atoms with Crippen LogP contribution in [0.4, 0.5) is 4.79 Å². The van der Waals surface area contributed by atoms with Crippen LogP contribution in [0.3, 0.4) is 0 Å². The first kappa shape index (κ1) is 18.1. The molecule has 0 heterocycles. The molecule has 0 spiro atoms. The molecule has 5 nitrogen and oxygen atoms in total. The molecule has 0 unspecified atom stereocenters. The highest BCUT2D eigenvalue weighted by Crippen LogP contribution is 2.23. The summed E-state index contributed by atoms with van der Waals surface area (Å²) in [5, 5.41) is 5.59. The third-order valence-corrected chi connectivity index (χ3v) is 3.97. The number of ether oxygens (including phenoxy) is 2. The number of nitrogens with one attached hydrogen (secondary N) is 2. The molecule has 0 aliphatic rings. The molecule has 0 aromatic heterocycles. The summed E-state index contributed by atoms with van der Waals surface area (Å²) in [6.07, 6.45) is 0.748. The van der Waals surface area contributed by atoms with Gasteiger partial charge in [0.25, 0.3) is 0 Å². The Morgan fingerprint density at radius 2 is 1.88 bits per heavy atom. The molecule has 0 saturated carbocycles. The number of carbonyl (C=O) groups is 1. The van der Waals surface area contributed by atoms with E-state index in [1.54, 1.807) is 7.11 Å². The zero-order valence-corrected chi connectivity index (χ0v) is 15.1. The second kappa shape index (κ2) is 9.82. The van der Waals surface area contributed by atoms with E-state index in [4.69, 9.17) is 9.47 Å². The fourth-order valence-electron chi connectivity index (χ4n) is 2.10. The van der Waals surface area contributed by atoms with Crippen LogP contribution in [0.1, 0.15) is 5.56 Å². The zero-order valence-electron chi connectivity index (χ0n) is 13.5. The quantitative estimate of drug-likeness (QED) is 0.676. The molecule has 0 saturated heterocycles. The average Bonchev–Trinajstić information content (AvgIpc) is 2.60. The van der Waals surface area contributed by atoms with Gasteiger partial charge in [0.2, 0.25) is 0 Å². The molecule has 0 aliphatic heterocycles. The fourth-order valence-corrected chi connectivity index (χ4v) is 2.50. The van der Waals surface area contributed by atoms with Crippen LogP contribution in [0, 0.1) is 0 Å². The van der Waals surface area contributed by atoms with Gasteiger partial charge in [-0.1, -0.05) is 24.3 Å². The Labute approximate surface area is 150 Å². The number of methoxy groups -OCH3 is 1. The van der Waals surface area contributed by atoms with Gasteiger partial charge in [-0.05, 0) is 52.2 Å². The van der Waals surface area contributed by atoms with Gasteiger partial charge in [-0.15, -0.1) is 0 Å². The van der Waals surface area contributed by atoms with Gasteiger partial charge in [-0.3, -0.25) is 0 Å². The highest BCUT2D eigenvalue weighted by molar-refractivity contribution is 9.10. The molecule has 0 bridgehead atoms. The molecular weight excluding hydrogens is 372 g/mol. The Morgan fingerprint density at radius 3 is 2.67 bits per heavy atom. The highest BCUT2D eigenvalue weighted by atomic mass is 79.9. The van der Waals surface area contributed by atoms with E-state index in [0.717, 1.165) is 28.0 Å². The summed E-state index contributed by atoms with van der Waals surface area (Å²) in [4.78, 5) is 11.7. The van der Waals surface area contributed by atoms with Crippen molar-refractivity contribution in [3.8, 4) is 11.5 Å². The van der Waals surface area contributed by atoms with E-state index in [9.17, 15) is 4.79 Å². The number of urea groups is 1. The van der Waals surface area contributed by atoms with Crippen LogP contribution in [0.25, 0.3) is 0 Å². The minimum Gasteiger partial charge on any atom is -0.497 e. The lowest BCUT2D eigenvalue weighted by molar-refractivity contribution is 0.236. The van der Waals surface area contributed by atoms with E-state index in [2.05, 4.69) is 26.6 Å². The topological polar surface area (TPSA) is 59.6 Å². The van der Waals surface area contributed by atoms with Crippen LogP contribution >= 0.6 is 15.9 Å². The van der Waals surface area contributed by atoms with Gasteiger partial charge < -0.3 is 20.1 Å². The number of benzene rings is 2. The molecule has 24 heavy (non-hydrogen) atoms. The first-order chi connectivity index (χ1) is 11.7.